The van der Waals surface area contributed by atoms with Crippen molar-refractivity contribution in [2.45, 2.75) is 26.6 Å². The Balaban J connectivity index is 2.62. The van der Waals surface area contributed by atoms with Crippen LogP contribution in [0.5, 0.6) is 0 Å². The molecule has 0 aliphatic rings. The van der Waals surface area contributed by atoms with Crippen LogP contribution in [-0.2, 0) is 25.5 Å². The molecule has 4 heteroatoms. The first kappa shape index (κ1) is 14.5. The fraction of sp³-hybridized carbons (Fsp3) is 0.429. The third-order valence-corrected chi connectivity index (χ3v) is 2.33. The maximum absolute atomic E-state index is 11.8. The summed E-state index contributed by atoms with van der Waals surface area (Å²) in [7, 11) is 0. The number of ketones is 2. The summed E-state index contributed by atoms with van der Waals surface area (Å²) in [5.74, 6) is -1.12. The highest BCUT2D eigenvalue weighted by molar-refractivity contribution is 6.38. The lowest BCUT2D eigenvalue weighted by atomic mass is 10.1. The van der Waals surface area contributed by atoms with E-state index in [0.29, 0.717) is 13.2 Å². The molecule has 0 radical (unpaired) electrons. The molecule has 4 nitrogen and oxygen atoms in total. The van der Waals surface area contributed by atoms with Crippen molar-refractivity contribution in [3.05, 3.63) is 35.9 Å². The molecular weight excluding hydrogens is 232 g/mol. The molecule has 0 N–H and O–H groups in total. The van der Waals surface area contributed by atoms with Crippen LogP contribution in [0, 0.1) is 0 Å². The van der Waals surface area contributed by atoms with E-state index in [1.807, 2.05) is 30.3 Å². The number of rotatable bonds is 8. The fourth-order valence-corrected chi connectivity index (χ4v) is 1.50. The van der Waals surface area contributed by atoms with Crippen molar-refractivity contribution in [3.8, 4) is 0 Å². The second kappa shape index (κ2) is 7.74. The molecule has 0 spiro atoms. The van der Waals surface area contributed by atoms with Gasteiger partial charge in [0, 0.05) is 19.6 Å². The van der Waals surface area contributed by atoms with Gasteiger partial charge in [-0.25, -0.2) is 0 Å². The average Bonchev–Trinajstić information content (AvgIpc) is 2.39. The molecule has 0 heterocycles. The summed E-state index contributed by atoms with van der Waals surface area (Å²) in [6.45, 7) is 4.16. The van der Waals surface area contributed by atoms with Crippen LogP contribution in [0.2, 0.25) is 0 Å². The van der Waals surface area contributed by atoms with Gasteiger partial charge in [-0.15, -0.1) is 0 Å². The van der Waals surface area contributed by atoms with E-state index in [1.54, 1.807) is 13.8 Å². The average molecular weight is 250 g/mol. The Morgan fingerprint density at radius 3 is 2.11 bits per heavy atom. The summed E-state index contributed by atoms with van der Waals surface area (Å²) in [5, 5.41) is 0. The van der Waals surface area contributed by atoms with Gasteiger partial charge in [0.15, 0.2) is 0 Å². The van der Waals surface area contributed by atoms with Gasteiger partial charge >= 0.3 is 0 Å². The molecule has 0 atom stereocenters. The highest BCUT2D eigenvalue weighted by atomic mass is 16.7. The van der Waals surface area contributed by atoms with Crippen molar-refractivity contribution in [3.63, 3.8) is 0 Å². The Labute approximate surface area is 107 Å². The smallest absolute Gasteiger partial charge is 0.254 e. The highest BCUT2D eigenvalue weighted by Crippen LogP contribution is 2.04. The Hall–Kier alpha value is -1.52. The number of carbonyl (C=O) groups is 2. The Morgan fingerprint density at radius 1 is 1.06 bits per heavy atom. The van der Waals surface area contributed by atoms with Gasteiger partial charge in [0.05, 0.1) is 0 Å². The number of Topliss-reactive ketones (excluding diaryl/α,β-unsaturated/α-hetero) is 2. The molecule has 0 bridgehead atoms. The Morgan fingerprint density at radius 2 is 1.61 bits per heavy atom. The van der Waals surface area contributed by atoms with Gasteiger partial charge in [0.25, 0.3) is 5.78 Å². The summed E-state index contributed by atoms with van der Waals surface area (Å²) in [6, 6.07) is 9.13. The van der Waals surface area contributed by atoms with Gasteiger partial charge in [-0.05, 0) is 19.4 Å². The number of benzene rings is 1. The third-order valence-electron chi connectivity index (χ3n) is 2.33. The molecule has 98 valence electrons. The van der Waals surface area contributed by atoms with E-state index in [0.717, 1.165) is 5.56 Å². The standard InChI is InChI=1S/C14H18O4/c1-3-17-14(18-4-2)13(16)12(15)10-11-8-6-5-7-9-11/h5-9,14H,3-4,10H2,1-2H3. The maximum Gasteiger partial charge on any atom is 0.254 e. The van der Waals surface area contributed by atoms with Crippen LogP contribution in [-0.4, -0.2) is 31.1 Å². The lowest BCUT2D eigenvalue weighted by Crippen LogP contribution is -2.34. The molecule has 18 heavy (non-hydrogen) atoms. The molecular formula is C14H18O4. The fourth-order valence-electron chi connectivity index (χ4n) is 1.50. The van der Waals surface area contributed by atoms with Crippen molar-refractivity contribution in [2.24, 2.45) is 0 Å². The minimum atomic E-state index is -1.07. The predicted octanol–water partition coefficient (Wildman–Crippen LogP) is 1.77. The van der Waals surface area contributed by atoms with Gasteiger partial charge in [-0.3, -0.25) is 9.59 Å². The molecule has 0 saturated heterocycles. The van der Waals surface area contributed by atoms with Gasteiger partial charge in [-0.2, -0.15) is 0 Å². The summed E-state index contributed by atoms with van der Waals surface area (Å²) in [6.07, 6.45) is -0.993. The normalized spacial score (nSPS) is 10.6. The molecule has 1 aromatic rings. The second-order valence-electron chi connectivity index (χ2n) is 3.69. The van der Waals surface area contributed by atoms with Crippen LogP contribution < -0.4 is 0 Å². The lowest BCUT2D eigenvalue weighted by Gasteiger charge is -2.14. The summed E-state index contributed by atoms with van der Waals surface area (Å²) in [5.41, 5.74) is 0.808. The maximum atomic E-state index is 11.8. The molecule has 0 saturated carbocycles. The molecule has 0 unspecified atom stereocenters. The number of carbonyl (C=O) groups excluding carboxylic acids is 2. The molecule has 0 fully saturated rings. The van der Waals surface area contributed by atoms with Gasteiger partial charge in [0.1, 0.15) is 0 Å². The topological polar surface area (TPSA) is 52.6 Å². The van der Waals surface area contributed by atoms with Crippen molar-refractivity contribution in [1.29, 1.82) is 0 Å². The molecule has 1 rings (SSSR count). The van der Waals surface area contributed by atoms with E-state index in [1.165, 1.54) is 0 Å². The minimum Gasteiger partial charge on any atom is -0.346 e. The largest absolute Gasteiger partial charge is 0.346 e. The third kappa shape index (κ3) is 4.39. The summed E-state index contributed by atoms with van der Waals surface area (Å²) in [4.78, 5) is 23.6. The quantitative estimate of drug-likeness (QED) is 0.521. The number of hydrogen-bond acceptors (Lipinski definition) is 4. The molecule has 0 aliphatic heterocycles. The Kier molecular flexibility index (Phi) is 6.25. The van der Waals surface area contributed by atoms with Crippen LogP contribution in [0.25, 0.3) is 0 Å². The van der Waals surface area contributed by atoms with E-state index in [2.05, 4.69) is 0 Å². The van der Waals surface area contributed by atoms with E-state index >= 15 is 0 Å². The zero-order chi connectivity index (χ0) is 13.4. The molecule has 0 amide bonds. The van der Waals surface area contributed by atoms with Crippen LogP contribution in [0.3, 0.4) is 0 Å². The van der Waals surface area contributed by atoms with Crippen molar-refractivity contribution >= 4 is 11.6 Å². The SMILES string of the molecule is CCOC(OCC)C(=O)C(=O)Cc1ccccc1. The lowest BCUT2D eigenvalue weighted by molar-refractivity contribution is -0.171. The van der Waals surface area contributed by atoms with Gasteiger partial charge < -0.3 is 9.47 Å². The zero-order valence-electron chi connectivity index (χ0n) is 10.7. The highest BCUT2D eigenvalue weighted by Gasteiger charge is 2.25. The van der Waals surface area contributed by atoms with E-state index in [-0.39, 0.29) is 6.42 Å². The minimum absolute atomic E-state index is 0.0797. The van der Waals surface area contributed by atoms with Crippen molar-refractivity contribution in [1.82, 2.24) is 0 Å². The second-order valence-corrected chi connectivity index (χ2v) is 3.69. The predicted molar refractivity (Wildman–Crippen MR) is 67.2 cm³/mol. The molecule has 0 aromatic heterocycles. The summed E-state index contributed by atoms with van der Waals surface area (Å²) >= 11 is 0. The van der Waals surface area contributed by atoms with Crippen LogP contribution >= 0.6 is 0 Å². The monoisotopic (exact) mass is 250 g/mol. The number of hydrogen-bond donors (Lipinski definition) is 0. The first-order valence-electron chi connectivity index (χ1n) is 6.03. The number of ether oxygens (including phenoxy) is 2. The van der Waals surface area contributed by atoms with Crippen LogP contribution in [0.1, 0.15) is 19.4 Å². The van der Waals surface area contributed by atoms with Crippen LogP contribution in [0.15, 0.2) is 30.3 Å². The zero-order valence-corrected chi connectivity index (χ0v) is 10.7. The van der Waals surface area contributed by atoms with E-state index in [4.69, 9.17) is 9.47 Å². The van der Waals surface area contributed by atoms with Crippen molar-refractivity contribution in [2.75, 3.05) is 13.2 Å². The van der Waals surface area contributed by atoms with Crippen molar-refractivity contribution < 1.29 is 19.1 Å². The van der Waals surface area contributed by atoms with Gasteiger partial charge in [0.2, 0.25) is 12.1 Å². The molecule has 0 aliphatic carbocycles. The first-order valence-corrected chi connectivity index (χ1v) is 6.03. The van der Waals surface area contributed by atoms with E-state index in [9.17, 15) is 9.59 Å². The summed E-state index contributed by atoms with van der Waals surface area (Å²) < 4.78 is 10.2. The molecule has 1 aromatic carbocycles. The van der Waals surface area contributed by atoms with Gasteiger partial charge in [-0.1, -0.05) is 30.3 Å². The van der Waals surface area contributed by atoms with E-state index < -0.39 is 17.9 Å². The first-order chi connectivity index (χ1) is 8.69. The Bertz CT molecular complexity index is 380. The van der Waals surface area contributed by atoms with Crippen LogP contribution in [0.4, 0.5) is 0 Å².